The number of nitrogens with zero attached hydrogens (tertiary/aromatic N) is 1. The third-order valence-electron chi connectivity index (χ3n) is 3.69. The van der Waals surface area contributed by atoms with Crippen molar-refractivity contribution in [3.63, 3.8) is 0 Å². The molecule has 6 nitrogen and oxygen atoms in total. The van der Waals surface area contributed by atoms with Crippen molar-refractivity contribution in [2.45, 2.75) is 0 Å². The van der Waals surface area contributed by atoms with E-state index in [9.17, 15) is 19.5 Å². The maximum absolute atomic E-state index is 12.3. The summed E-state index contributed by atoms with van der Waals surface area (Å²) in [6.07, 6.45) is 1.79. The van der Waals surface area contributed by atoms with Gasteiger partial charge in [0, 0.05) is 11.3 Å². The number of hydrogen-bond donors (Lipinski definition) is 1. The third kappa shape index (κ3) is 4.42. The molecule has 1 aliphatic heterocycles. The SMILES string of the molecule is O=C(CN1C(=O)S/C(=C\c2ccccc2)C1=S)Nc1ccccc1C(=O)[O-]. The van der Waals surface area contributed by atoms with E-state index in [0.29, 0.717) is 4.91 Å². The number of carbonyl (C=O) groups excluding carboxylic acids is 3. The monoisotopic (exact) mass is 397 g/mol. The predicted octanol–water partition coefficient (Wildman–Crippen LogP) is 2.53. The number of benzene rings is 2. The van der Waals surface area contributed by atoms with Crippen molar-refractivity contribution < 1.29 is 19.5 Å². The first-order chi connectivity index (χ1) is 13.0. The van der Waals surface area contributed by atoms with Crippen LogP contribution in [0.3, 0.4) is 0 Å². The van der Waals surface area contributed by atoms with Crippen molar-refractivity contribution in [2.75, 3.05) is 11.9 Å². The predicted molar refractivity (Wildman–Crippen MR) is 106 cm³/mol. The van der Waals surface area contributed by atoms with E-state index in [4.69, 9.17) is 12.2 Å². The molecule has 0 spiro atoms. The topological polar surface area (TPSA) is 89.5 Å². The summed E-state index contributed by atoms with van der Waals surface area (Å²) in [4.78, 5) is 37.7. The van der Waals surface area contributed by atoms with E-state index >= 15 is 0 Å². The minimum absolute atomic E-state index is 0.104. The highest BCUT2D eigenvalue weighted by Gasteiger charge is 2.33. The van der Waals surface area contributed by atoms with E-state index in [-0.39, 0.29) is 28.0 Å². The Labute approximate surface area is 164 Å². The first-order valence-corrected chi connectivity index (χ1v) is 9.09. The lowest BCUT2D eigenvalue weighted by Crippen LogP contribution is -2.36. The van der Waals surface area contributed by atoms with E-state index in [1.807, 2.05) is 30.3 Å². The van der Waals surface area contributed by atoms with Crippen LogP contribution in [-0.2, 0) is 4.79 Å². The molecule has 2 amide bonds. The number of hydrogen-bond acceptors (Lipinski definition) is 6. The molecule has 0 unspecified atom stereocenters. The molecule has 27 heavy (non-hydrogen) atoms. The van der Waals surface area contributed by atoms with Gasteiger partial charge in [0.1, 0.15) is 11.5 Å². The fraction of sp³-hybridized carbons (Fsp3) is 0.0526. The number of thioether (sulfide) groups is 1. The van der Waals surface area contributed by atoms with Gasteiger partial charge in [-0.05, 0) is 29.5 Å². The summed E-state index contributed by atoms with van der Waals surface area (Å²) in [5, 5.41) is 13.2. The summed E-state index contributed by atoms with van der Waals surface area (Å²) in [6.45, 7) is -0.307. The molecule has 0 atom stereocenters. The number of amides is 2. The van der Waals surface area contributed by atoms with E-state index in [0.717, 1.165) is 17.3 Å². The third-order valence-corrected chi connectivity index (χ3v) is 5.19. The molecule has 136 valence electrons. The second kappa shape index (κ2) is 8.15. The molecular formula is C19H13N2O4S2-. The van der Waals surface area contributed by atoms with Gasteiger partial charge in [-0.3, -0.25) is 14.5 Å². The number of carboxylic acid groups (broad SMARTS) is 1. The van der Waals surface area contributed by atoms with Gasteiger partial charge < -0.3 is 15.2 Å². The van der Waals surface area contributed by atoms with Crippen LogP contribution in [0.5, 0.6) is 0 Å². The summed E-state index contributed by atoms with van der Waals surface area (Å²) in [7, 11) is 0. The molecule has 2 aromatic carbocycles. The van der Waals surface area contributed by atoms with Crippen LogP contribution in [0, 0.1) is 0 Å². The van der Waals surface area contributed by atoms with Crippen LogP contribution in [-0.4, -0.2) is 33.5 Å². The van der Waals surface area contributed by atoms with Crippen LogP contribution in [0.1, 0.15) is 15.9 Å². The van der Waals surface area contributed by atoms with E-state index < -0.39 is 11.9 Å². The largest absolute Gasteiger partial charge is 0.545 e. The standard InChI is InChI=1S/C19H14N2O4S2/c22-16(20-14-9-5-4-8-13(14)18(23)24)11-21-17(26)15(27-19(21)25)10-12-6-2-1-3-7-12/h1-10H,11H2,(H,20,22)(H,23,24)/p-1/b15-10-. The zero-order chi connectivity index (χ0) is 19.4. The lowest BCUT2D eigenvalue weighted by molar-refractivity contribution is -0.254. The molecule has 0 aromatic heterocycles. The van der Waals surface area contributed by atoms with Crippen LogP contribution in [0.25, 0.3) is 6.08 Å². The molecule has 0 radical (unpaired) electrons. The van der Waals surface area contributed by atoms with Crippen LogP contribution in [0.15, 0.2) is 59.5 Å². The molecule has 8 heteroatoms. The number of carbonyl (C=O) groups is 3. The van der Waals surface area contributed by atoms with Crippen molar-refractivity contribution in [2.24, 2.45) is 0 Å². The first-order valence-electron chi connectivity index (χ1n) is 7.86. The summed E-state index contributed by atoms with van der Waals surface area (Å²) < 4.78 is 0. The minimum Gasteiger partial charge on any atom is -0.545 e. The average Bonchev–Trinajstić information content (AvgIpc) is 2.90. The van der Waals surface area contributed by atoms with Gasteiger partial charge in [-0.15, -0.1) is 0 Å². The number of nitrogens with one attached hydrogen (secondary N) is 1. The number of rotatable bonds is 5. The lowest BCUT2D eigenvalue weighted by atomic mass is 10.2. The number of thiocarbonyl (C=S) groups is 1. The summed E-state index contributed by atoms with van der Waals surface area (Å²) in [5.74, 6) is -1.96. The molecule has 0 bridgehead atoms. The quantitative estimate of drug-likeness (QED) is 0.616. The number of anilines is 1. The summed E-state index contributed by atoms with van der Waals surface area (Å²) in [5.41, 5.74) is 0.859. The first kappa shape index (κ1) is 18.8. The van der Waals surface area contributed by atoms with Gasteiger partial charge in [0.2, 0.25) is 5.91 Å². The van der Waals surface area contributed by atoms with Crippen LogP contribution in [0.2, 0.25) is 0 Å². The fourth-order valence-corrected chi connectivity index (χ4v) is 3.68. The highest BCUT2D eigenvalue weighted by molar-refractivity contribution is 8.19. The molecular weight excluding hydrogens is 384 g/mol. The van der Waals surface area contributed by atoms with Gasteiger partial charge in [0.25, 0.3) is 5.24 Å². The zero-order valence-corrected chi connectivity index (χ0v) is 15.5. The van der Waals surface area contributed by atoms with Crippen molar-refractivity contribution in [3.05, 3.63) is 70.6 Å². The summed E-state index contributed by atoms with van der Waals surface area (Å²) >= 11 is 6.28. The second-order valence-corrected chi connectivity index (χ2v) is 6.94. The Morgan fingerprint density at radius 3 is 2.48 bits per heavy atom. The minimum atomic E-state index is -1.40. The zero-order valence-electron chi connectivity index (χ0n) is 13.9. The molecule has 1 N–H and O–H groups in total. The maximum Gasteiger partial charge on any atom is 0.292 e. The normalized spacial score (nSPS) is 15.3. The molecule has 2 aromatic rings. The number of para-hydroxylation sites is 1. The van der Waals surface area contributed by atoms with Gasteiger partial charge in [-0.25, -0.2) is 0 Å². The number of carboxylic acids is 1. The van der Waals surface area contributed by atoms with Crippen molar-refractivity contribution in [1.82, 2.24) is 4.90 Å². The Kier molecular flexibility index (Phi) is 5.68. The Morgan fingerprint density at radius 1 is 1.11 bits per heavy atom. The van der Waals surface area contributed by atoms with Gasteiger partial charge >= 0.3 is 0 Å². The van der Waals surface area contributed by atoms with Crippen LogP contribution in [0.4, 0.5) is 10.5 Å². The second-order valence-electron chi connectivity index (χ2n) is 5.56. The van der Waals surface area contributed by atoms with Gasteiger partial charge in [-0.1, -0.05) is 60.7 Å². The Hall–Kier alpha value is -2.97. The van der Waals surface area contributed by atoms with Crippen molar-refractivity contribution >= 4 is 57.8 Å². The molecule has 1 heterocycles. The molecule has 0 saturated carbocycles. The highest BCUT2D eigenvalue weighted by atomic mass is 32.2. The van der Waals surface area contributed by atoms with E-state index in [2.05, 4.69) is 5.32 Å². The van der Waals surface area contributed by atoms with Crippen LogP contribution < -0.4 is 10.4 Å². The summed E-state index contributed by atoms with van der Waals surface area (Å²) in [6, 6.07) is 15.3. The van der Waals surface area contributed by atoms with Gasteiger partial charge in [0.15, 0.2) is 0 Å². The van der Waals surface area contributed by atoms with Crippen molar-refractivity contribution in [1.29, 1.82) is 0 Å². The highest BCUT2D eigenvalue weighted by Crippen LogP contribution is 2.33. The molecule has 1 saturated heterocycles. The average molecular weight is 397 g/mol. The lowest BCUT2D eigenvalue weighted by Gasteiger charge is -2.16. The van der Waals surface area contributed by atoms with Gasteiger partial charge in [-0.2, -0.15) is 0 Å². The Balaban J connectivity index is 1.71. The van der Waals surface area contributed by atoms with Gasteiger partial charge in [0.05, 0.1) is 10.9 Å². The Bertz CT molecular complexity index is 957. The van der Waals surface area contributed by atoms with E-state index in [1.54, 1.807) is 12.1 Å². The molecule has 1 fully saturated rings. The molecule has 1 aliphatic rings. The molecule has 0 aliphatic carbocycles. The van der Waals surface area contributed by atoms with E-state index in [1.165, 1.54) is 23.1 Å². The number of aromatic carboxylic acids is 1. The molecule has 3 rings (SSSR count). The maximum atomic E-state index is 12.3. The van der Waals surface area contributed by atoms with Crippen molar-refractivity contribution in [3.8, 4) is 0 Å². The van der Waals surface area contributed by atoms with Crippen LogP contribution >= 0.6 is 24.0 Å². The fourth-order valence-electron chi connectivity index (χ4n) is 2.44. The smallest absolute Gasteiger partial charge is 0.292 e. The Morgan fingerprint density at radius 2 is 1.78 bits per heavy atom.